The van der Waals surface area contributed by atoms with Crippen LogP contribution in [0.4, 0.5) is 0 Å². The van der Waals surface area contributed by atoms with Crippen LogP contribution in [0.5, 0.6) is 5.75 Å². The van der Waals surface area contributed by atoms with Crippen LogP contribution < -0.4 is 4.74 Å². The van der Waals surface area contributed by atoms with Crippen molar-refractivity contribution < 1.29 is 18.7 Å². The number of hydrogen-bond donors (Lipinski definition) is 0. The van der Waals surface area contributed by atoms with Crippen molar-refractivity contribution in [3.8, 4) is 5.75 Å². The average molecular weight is 351 g/mol. The topological polar surface area (TPSA) is 53.7 Å². The molecule has 0 N–H and O–H groups in total. The van der Waals surface area contributed by atoms with E-state index < -0.39 is 0 Å². The summed E-state index contributed by atoms with van der Waals surface area (Å²) >= 11 is 0. The number of aromatic nitrogens is 1. The molecule has 0 bridgehead atoms. The summed E-state index contributed by atoms with van der Waals surface area (Å²) in [5.74, 6) is 1.69. The Labute approximate surface area is 152 Å². The Morgan fingerprint density at radius 2 is 1.44 bits per heavy atom. The summed E-state index contributed by atoms with van der Waals surface area (Å²) < 4.78 is 21.4. The van der Waals surface area contributed by atoms with Crippen molar-refractivity contribution in [3.05, 3.63) is 47.9 Å². The van der Waals surface area contributed by atoms with Crippen molar-refractivity contribution >= 4 is 0 Å². The van der Waals surface area contributed by atoms with Gasteiger partial charge in [-0.3, -0.25) is 0 Å². The number of benzene rings is 1. The van der Waals surface area contributed by atoms with Gasteiger partial charge in [0.1, 0.15) is 18.1 Å². The summed E-state index contributed by atoms with van der Waals surface area (Å²) in [6.45, 7) is 12.7. The van der Waals surface area contributed by atoms with Crippen molar-refractivity contribution in [2.45, 2.75) is 41.0 Å². The average Bonchev–Trinajstić information content (AvgIpc) is 3.09. The fourth-order valence-corrected chi connectivity index (χ4v) is 1.77. The van der Waals surface area contributed by atoms with Gasteiger partial charge in [-0.2, -0.15) is 0 Å². The fourth-order valence-electron chi connectivity index (χ4n) is 1.77. The van der Waals surface area contributed by atoms with Crippen LogP contribution in [-0.4, -0.2) is 38.2 Å². The van der Waals surface area contributed by atoms with E-state index in [1.165, 1.54) is 0 Å². The first-order valence-corrected chi connectivity index (χ1v) is 9.10. The minimum atomic E-state index is 0.544. The molecule has 0 amide bonds. The van der Waals surface area contributed by atoms with Gasteiger partial charge in [0, 0.05) is 12.5 Å². The van der Waals surface area contributed by atoms with Gasteiger partial charge in [0.2, 0.25) is 0 Å². The minimum Gasteiger partial charge on any atom is -0.491 e. The Morgan fingerprint density at radius 1 is 0.840 bits per heavy atom. The van der Waals surface area contributed by atoms with Crippen molar-refractivity contribution in [2.75, 3.05) is 33.0 Å². The van der Waals surface area contributed by atoms with E-state index in [1.54, 1.807) is 0 Å². The van der Waals surface area contributed by atoms with Gasteiger partial charge in [-0.25, -0.2) is 0 Å². The standard InChI is InChI=1S/C16H21NO4.2C2H6/c1-14-13-15(17-21-14)7-8-18-9-10-19-11-12-20-16-5-3-2-4-6-16;2*1-2/h2-6,13H,7-12H2,1H3;2*1-2H3. The van der Waals surface area contributed by atoms with Crippen LogP contribution in [0.15, 0.2) is 40.9 Å². The van der Waals surface area contributed by atoms with Crippen LogP contribution in [0.3, 0.4) is 0 Å². The highest BCUT2D eigenvalue weighted by Gasteiger charge is 1.99. The van der Waals surface area contributed by atoms with Gasteiger partial charge in [-0.15, -0.1) is 0 Å². The largest absolute Gasteiger partial charge is 0.491 e. The lowest BCUT2D eigenvalue weighted by atomic mass is 10.3. The molecule has 0 aliphatic carbocycles. The molecule has 0 saturated carbocycles. The molecule has 142 valence electrons. The van der Waals surface area contributed by atoms with Gasteiger partial charge in [0.05, 0.1) is 32.1 Å². The predicted octanol–water partition coefficient (Wildman–Crippen LogP) is 4.69. The maximum atomic E-state index is 5.51. The van der Waals surface area contributed by atoms with E-state index in [2.05, 4.69) is 5.16 Å². The van der Waals surface area contributed by atoms with Crippen molar-refractivity contribution in [3.63, 3.8) is 0 Å². The summed E-state index contributed by atoms with van der Waals surface area (Å²) in [5.41, 5.74) is 0.921. The van der Waals surface area contributed by atoms with Crippen LogP contribution in [0.25, 0.3) is 0 Å². The summed E-state index contributed by atoms with van der Waals surface area (Å²) in [6, 6.07) is 11.6. The maximum Gasteiger partial charge on any atom is 0.133 e. The molecule has 5 heteroatoms. The third-order valence-corrected chi connectivity index (χ3v) is 2.79. The zero-order valence-corrected chi connectivity index (χ0v) is 16.3. The SMILES string of the molecule is CC.CC.Cc1cc(CCOCCOCCOc2ccccc2)no1. The number of nitrogens with zero attached hydrogens (tertiary/aromatic N) is 1. The van der Waals surface area contributed by atoms with Gasteiger partial charge in [0.15, 0.2) is 0 Å². The molecule has 0 saturated heterocycles. The summed E-state index contributed by atoms with van der Waals surface area (Å²) in [4.78, 5) is 0. The quantitative estimate of drug-likeness (QED) is 0.581. The molecule has 0 aliphatic rings. The van der Waals surface area contributed by atoms with E-state index in [0.717, 1.165) is 23.6 Å². The lowest BCUT2D eigenvalue weighted by Crippen LogP contribution is -2.11. The van der Waals surface area contributed by atoms with Crippen molar-refractivity contribution in [1.82, 2.24) is 5.16 Å². The molecule has 25 heavy (non-hydrogen) atoms. The summed E-state index contributed by atoms with van der Waals surface area (Å²) in [5, 5.41) is 3.90. The number of aryl methyl sites for hydroxylation is 1. The number of ether oxygens (including phenoxy) is 3. The first-order chi connectivity index (χ1) is 12.3. The van der Waals surface area contributed by atoms with E-state index in [9.17, 15) is 0 Å². The zero-order chi connectivity index (χ0) is 18.8. The molecule has 0 fully saturated rings. The van der Waals surface area contributed by atoms with E-state index in [4.69, 9.17) is 18.7 Å². The third-order valence-electron chi connectivity index (χ3n) is 2.79. The molecule has 0 atom stereocenters. The molecule has 5 nitrogen and oxygen atoms in total. The molecular weight excluding hydrogens is 318 g/mol. The second-order valence-corrected chi connectivity index (χ2v) is 4.57. The van der Waals surface area contributed by atoms with Crippen LogP contribution in [-0.2, 0) is 15.9 Å². The molecule has 0 radical (unpaired) electrons. The van der Waals surface area contributed by atoms with Gasteiger partial charge in [-0.1, -0.05) is 51.1 Å². The Balaban J connectivity index is 0.00000134. The normalized spacial score (nSPS) is 9.48. The monoisotopic (exact) mass is 351 g/mol. The lowest BCUT2D eigenvalue weighted by molar-refractivity contribution is 0.0370. The van der Waals surface area contributed by atoms with Gasteiger partial charge in [-0.05, 0) is 19.1 Å². The third kappa shape index (κ3) is 12.2. The Bertz CT molecular complexity index is 499. The molecule has 2 aromatic rings. The number of hydrogen-bond acceptors (Lipinski definition) is 5. The molecule has 0 unspecified atom stereocenters. The van der Waals surface area contributed by atoms with Crippen LogP contribution in [0.2, 0.25) is 0 Å². The number of rotatable bonds is 10. The van der Waals surface area contributed by atoms with Gasteiger partial charge < -0.3 is 18.7 Å². The zero-order valence-electron chi connectivity index (χ0n) is 16.3. The molecule has 0 aliphatic heterocycles. The van der Waals surface area contributed by atoms with E-state index in [-0.39, 0.29) is 0 Å². The first kappa shape index (κ1) is 23.1. The fraction of sp³-hybridized carbons (Fsp3) is 0.550. The molecule has 1 heterocycles. The molecule has 2 rings (SSSR count). The molecule has 1 aromatic carbocycles. The maximum absolute atomic E-state index is 5.51. The first-order valence-electron chi connectivity index (χ1n) is 9.10. The van der Waals surface area contributed by atoms with Crippen molar-refractivity contribution in [1.29, 1.82) is 0 Å². The van der Waals surface area contributed by atoms with E-state index in [1.807, 2.05) is 71.0 Å². The van der Waals surface area contributed by atoms with Crippen molar-refractivity contribution in [2.24, 2.45) is 0 Å². The molecular formula is C20H33NO4. The van der Waals surface area contributed by atoms with Crippen LogP contribution in [0, 0.1) is 6.92 Å². The number of para-hydroxylation sites is 1. The highest BCUT2D eigenvalue weighted by molar-refractivity contribution is 5.20. The van der Waals surface area contributed by atoms with E-state index >= 15 is 0 Å². The molecule has 1 aromatic heterocycles. The second-order valence-electron chi connectivity index (χ2n) is 4.57. The Hall–Kier alpha value is -1.85. The Kier molecular flexibility index (Phi) is 15.7. The second kappa shape index (κ2) is 17.0. The summed E-state index contributed by atoms with van der Waals surface area (Å²) in [7, 11) is 0. The predicted molar refractivity (Wildman–Crippen MR) is 101 cm³/mol. The van der Waals surface area contributed by atoms with Crippen LogP contribution in [0.1, 0.15) is 39.1 Å². The van der Waals surface area contributed by atoms with Crippen LogP contribution >= 0.6 is 0 Å². The van der Waals surface area contributed by atoms with E-state index in [0.29, 0.717) is 33.0 Å². The highest BCUT2D eigenvalue weighted by Crippen LogP contribution is 2.07. The minimum absolute atomic E-state index is 0.544. The van der Waals surface area contributed by atoms with Gasteiger partial charge >= 0.3 is 0 Å². The lowest BCUT2D eigenvalue weighted by Gasteiger charge is -2.07. The Morgan fingerprint density at radius 3 is 2.04 bits per heavy atom. The highest BCUT2D eigenvalue weighted by atomic mass is 16.5. The molecule has 0 spiro atoms. The van der Waals surface area contributed by atoms with Gasteiger partial charge in [0.25, 0.3) is 0 Å². The smallest absolute Gasteiger partial charge is 0.133 e. The summed E-state index contributed by atoms with van der Waals surface area (Å²) in [6.07, 6.45) is 0.758.